The van der Waals surface area contributed by atoms with Crippen molar-refractivity contribution in [2.45, 2.75) is 59.3 Å². The van der Waals surface area contributed by atoms with Crippen LogP contribution in [0.5, 0.6) is 0 Å². The third-order valence-corrected chi connectivity index (χ3v) is 4.32. The van der Waals surface area contributed by atoms with Crippen LogP contribution in [0, 0.1) is 5.92 Å². The van der Waals surface area contributed by atoms with Crippen LogP contribution in [0.2, 0.25) is 0 Å². The summed E-state index contributed by atoms with van der Waals surface area (Å²) >= 11 is 1.95. The minimum atomic E-state index is 0.00581. The highest BCUT2D eigenvalue weighted by Gasteiger charge is 2.39. The summed E-state index contributed by atoms with van der Waals surface area (Å²) in [5.74, 6) is 2.94. The lowest BCUT2D eigenvalue weighted by Gasteiger charge is -2.28. The van der Waals surface area contributed by atoms with E-state index in [-0.39, 0.29) is 18.1 Å². The van der Waals surface area contributed by atoms with Crippen molar-refractivity contribution >= 4 is 17.7 Å². The zero-order valence-corrected chi connectivity index (χ0v) is 12.5. The number of carbonyl (C=O) groups is 1. The average molecular weight is 258 g/mol. The van der Waals surface area contributed by atoms with Crippen LogP contribution < -0.4 is 5.32 Å². The summed E-state index contributed by atoms with van der Waals surface area (Å²) in [5.41, 5.74) is 0. The van der Waals surface area contributed by atoms with Gasteiger partial charge in [-0.1, -0.05) is 20.8 Å². The lowest BCUT2D eigenvalue weighted by Crippen LogP contribution is -2.42. The van der Waals surface area contributed by atoms with E-state index >= 15 is 0 Å². The van der Waals surface area contributed by atoms with Crippen molar-refractivity contribution in [2.75, 3.05) is 11.5 Å². The molecule has 0 spiro atoms. The van der Waals surface area contributed by atoms with Crippen molar-refractivity contribution in [2.24, 2.45) is 5.92 Å². The highest BCUT2D eigenvalue weighted by Crippen LogP contribution is 2.21. The predicted molar refractivity (Wildman–Crippen MR) is 75.1 cm³/mol. The van der Waals surface area contributed by atoms with E-state index in [0.29, 0.717) is 12.0 Å². The number of thioether (sulfide) groups is 1. The number of nitrogens with one attached hydrogen (secondary N) is 1. The van der Waals surface area contributed by atoms with Crippen LogP contribution in [0.1, 0.15) is 41.0 Å². The van der Waals surface area contributed by atoms with Gasteiger partial charge in [-0.2, -0.15) is 11.8 Å². The molecule has 1 aliphatic heterocycles. The molecule has 1 N–H and O–H groups in total. The van der Waals surface area contributed by atoms with Crippen molar-refractivity contribution in [3.8, 4) is 0 Å². The number of nitrogens with zero attached hydrogens (tertiary/aromatic N) is 1. The van der Waals surface area contributed by atoms with Gasteiger partial charge in [-0.25, -0.2) is 0 Å². The van der Waals surface area contributed by atoms with E-state index in [1.54, 1.807) is 0 Å². The van der Waals surface area contributed by atoms with Gasteiger partial charge < -0.3 is 4.90 Å². The highest BCUT2D eigenvalue weighted by atomic mass is 32.2. The maximum Gasteiger partial charge on any atom is 0.241 e. The standard InChI is InChI=1S/C13H26N2OS/c1-6-17-8-7-10(4)15-11(5)14-12(9(2)3)13(15)16/h9-12,14H,6-8H2,1-5H3. The van der Waals surface area contributed by atoms with E-state index in [1.807, 2.05) is 16.7 Å². The van der Waals surface area contributed by atoms with Crippen LogP contribution in [0.15, 0.2) is 0 Å². The van der Waals surface area contributed by atoms with Gasteiger partial charge in [0.15, 0.2) is 0 Å². The highest BCUT2D eigenvalue weighted by molar-refractivity contribution is 7.99. The number of hydrogen-bond acceptors (Lipinski definition) is 3. The molecule has 1 fully saturated rings. The van der Waals surface area contributed by atoms with Crippen LogP contribution in [-0.4, -0.2) is 40.6 Å². The van der Waals surface area contributed by atoms with Gasteiger partial charge in [0.25, 0.3) is 0 Å². The molecule has 3 atom stereocenters. The molecule has 4 heteroatoms. The smallest absolute Gasteiger partial charge is 0.241 e. The molecule has 100 valence electrons. The normalized spacial score (nSPS) is 26.9. The minimum Gasteiger partial charge on any atom is -0.323 e. The summed E-state index contributed by atoms with van der Waals surface area (Å²) in [5, 5.41) is 3.39. The van der Waals surface area contributed by atoms with E-state index in [2.05, 4.69) is 39.9 Å². The topological polar surface area (TPSA) is 32.3 Å². The summed E-state index contributed by atoms with van der Waals surface area (Å²) in [6.07, 6.45) is 1.26. The van der Waals surface area contributed by atoms with Crippen molar-refractivity contribution in [1.29, 1.82) is 0 Å². The molecular formula is C13H26N2OS. The van der Waals surface area contributed by atoms with Gasteiger partial charge in [-0.3, -0.25) is 10.1 Å². The Morgan fingerprint density at radius 2 is 2.06 bits per heavy atom. The maximum absolute atomic E-state index is 12.3. The lowest BCUT2D eigenvalue weighted by molar-refractivity contribution is -0.132. The van der Waals surface area contributed by atoms with Gasteiger partial charge in [-0.15, -0.1) is 0 Å². The first-order valence-corrected chi connectivity index (χ1v) is 7.80. The predicted octanol–water partition coefficient (Wildman–Crippen LogP) is 2.32. The lowest BCUT2D eigenvalue weighted by atomic mass is 10.0. The summed E-state index contributed by atoms with van der Waals surface area (Å²) in [7, 11) is 0. The van der Waals surface area contributed by atoms with Gasteiger partial charge in [0.2, 0.25) is 5.91 Å². The quantitative estimate of drug-likeness (QED) is 0.742. The minimum absolute atomic E-state index is 0.00581. The van der Waals surface area contributed by atoms with Crippen LogP contribution >= 0.6 is 11.8 Å². The molecule has 1 aliphatic rings. The number of amides is 1. The first-order chi connectivity index (χ1) is 7.99. The molecule has 0 radical (unpaired) electrons. The molecule has 17 heavy (non-hydrogen) atoms. The number of hydrogen-bond donors (Lipinski definition) is 1. The Morgan fingerprint density at radius 1 is 1.41 bits per heavy atom. The first-order valence-electron chi connectivity index (χ1n) is 6.65. The zero-order chi connectivity index (χ0) is 13.0. The molecule has 0 aliphatic carbocycles. The Kier molecular flexibility index (Phi) is 5.80. The summed E-state index contributed by atoms with van der Waals surface area (Å²) in [6.45, 7) is 10.6. The molecule has 3 unspecified atom stereocenters. The largest absolute Gasteiger partial charge is 0.323 e. The van der Waals surface area contributed by atoms with E-state index in [0.717, 1.165) is 17.9 Å². The van der Waals surface area contributed by atoms with Gasteiger partial charge in [-0.05, 0) is 37.7 Å². The summed E-state index contributed by atoms with van der Waals surface area (Å²) in [6, 6.07) is 0.346. The third-order valence-electron chi connectivity index (χ3n) is 3.38. The Labute approximate surface area is 110 Å². The Bertz CT molecular complexity index is 258. The van der Waals surface area contributed by atoms with Gasteiger partial charge >= 0.3 is 0 Å². The first kappa shape index (κ1) is 14.8. The Hall–Kier alpha value is -0.220. The molecule has 1 rings (SSSR count). The van der Waals surface area contributed by atoms with E-state index in [4.69, 9.17) is 0 Å². The van der Waals surface area contributed by atoms with E-state index < -0.39 is 0 Å². The third kappa shape index (κ3) is 3.62. The summed E-state index contributed by atoms with van der Waals surface area (Å²) in [4.78, 5) is 14.3. The zero-order valence-electron chi connectivity index (χ0n) is 11.7. The van der Waals surface area contributed by atoms with Crippen LogP contribution in [0.3, 0.4) is 0 Å². The van der Waals surface area contributed by atoms with Crippen molar-refractivity contribution in [3.63, 3.8) is 0 Å². The molecule has 0 aromatic carbocycles. The summed E-state index contributed by atoms with van der Waals surface area (Å²) < 4.78 is 0. The fourth-order valence-electron chi connectivity index (χ4n) is 2.38. The second kappa shape index (κ2) is 6.64. The second-order valence-corrected chi connectivity index (χ2v) is 6.54. The van der Waals surface area contributed by atoms with Gasteiger partial charge in [0.1, 0.15) is 0 Å². The van der Waals surface area contributed by atoms with Crippen molar-refractivity contribution < 1.29 is 4.79 Å². The van der Waals surface area contributed by atoms with Crippen LogP contribution in [0.25, 0.3) is 0 Å². The number of rotatable bonds is 6. The molecule has 0 aromatic rings. The Balaban J connectivity index is 2.55. The molecule has 3 nitrogen and oxygen atoms in total. The second-order valence-electron chi connectivity index (χ2n) is 5.14. The molecule has 0 aromatic heterocycles. The SMILES string of the molecule is CCSCCC(C)N1C(=O)C(C(C)C)NC1C. The molecular weight excluding hydrogens is 232 g/mol. The maximum atomic E-state index is 12.3. The Morgan fingerprint density at radius 3 is 2.53 bits per heavy atom. The van der Waals surface area contributed by atoms with Crippen LogP contribution in [0.4, 0.5) is 0 Å². The van der Waals surface area contributed by atoms with E-state index in [9.17, 15) is 4.79 Å². The fraction of sp³-hybridized carbons (Fsp3) is 0.923. The van der Waals surface area contributed by atoms with E-state index in [1.165, 1.54) is 0 Å². The molecule has 1 heterocycles. The van der Waals surface area contributed by atoms with Gasteiger partial charge in [0.05, 0.1) is 12.2 Å². The molecule has 1 saturated heterocycles. The van der Waals surface area contributed by atoms with Crippen molar-refractivity contribution in [1.82, 2.24) is 10.2 Å². The molecule has 1 amide bonds. The number of carbonyl (C=O) groups excluding carboxylic acids is 1. The van der Waals surface area contributed by atoms with Crippen molar-refractivity contribution in [3.05, 3.63) is 0 Å². The fourth-order valence-corrected chi connectivity index (χ4v) is 3.17. The van der Waals surface area contributed by atoms with Crippen LogP contribution in [-0.2, 0) is 4.79 Å². The molecule has 0 bridgehead atoms. The average Bonchev–Trinajstić information content (AvgIpc) is 2.54. The molecule has 0 saturated carbocycles. The monoisotopic (exact) mass is 258 g/mol. The van der Waals surface area contributed by atoms with Gasteiger partial charge in [0, 0.05) is 6.04 Å².